The monoisotopic (exact) mass is 277 g/mol. The third-order valence-corrected chi connectivity index (χ3v) is 4.89. The van der Waals surface area contributed by atoms with E-state index in [0.717, 1.165) is 46.8 Å². The van der Waals surface area contributed by atoms with Crippen LogP contribution in [-0.4, -0.2) is 34.6 Å². The minimum Gasteiger partial charge on any atom is -0.306 e. The Morgan fingerprint density at radius 3 is 2.68 bits per heavy atom. The molecule has 0 atom stereocenters. The van der Waals surface area contributed by atoms with Crippen molar-refractivity contribution < 1.29 is 0 Å². The number of aryl methyl sites for hydroxylation is 2. The Bertz CT molecular complexity index is 665. The number of thiophene rings is 1. The Hall–Kier alpha value is -1.20. The molecular weight excluding hydrogens is 258 g/mol. The van der Waals surface area contributed by atoms with E-state index in [-0.39, 0.29) is 5.56 Å². The van der Waals surface area contributed by atoms with Crippen molar-refractivity contribution in [3.05, 3.63) is 27.1 Å². The molecule has 3 rings (SSSR count). The maximum Gasteiger partial charge on any atom is 0.262 e. The van der Waals surface area contributed by atoms with Gasteiger partial charge in [-0.2, -0.15) is 0 Å². The summed E-state index contributed by atoms with van der Waals surface area (Å²) in [5.41, 5.74) is 0.140. The molecule has 5 heteroatoms. The highest BCUT2D eigenvalue weighted by atomic mass is 32.1. The fraction of sp³-hybridized carbons (Fsp3) is 0.571. The molecule has 0 radical (unpaired) electrons. The topological polar surface area (TPSA) is 38.1 Å². The SMILES string of the molecule is Cc1cc2c(=O)n(C3CCN(C)CC3)c(C)nc2s1. The Morgan fingerprint density at radius 1 is 1.32 bits per heavy atom. The second-order valence-corrected chi connectivity index (χ2v) is 6.68. The molecule has 1 aliphatic rings. The first kappa shape index (κ1) is 12.8. The first-order valence-electron chi connectivity index (χ1n) is 6.74. The van der Waals surface area contributed by atoms with E-state index in [1.807, 2.05) is 24.5 Å². The molecule has 0 amide bonds. The highest BCUT2D eigenvalue weighted by molar-refractivity contribution is 7.18. The third kappa shape index (κ3) is 2.21. The second kappa shape index (κ2) is 4.72. The maximum atomic E-state index is 12.7. The van der Waals surface area contributed by atoms with Gasteiger partial charge in [-0.25, -0.2) is 4.98 Å². The lowest BCUT2D eigenvalue weighted by atomic mass is 10.0. The summed E-state index contributed by atoms with van der Waals surface area (Å²) < 4.78 is 1.92. The Balaban J connectivity index is 2.10. The molecule has 1 aliphatic heterocycles. The molecule has 2 aromatic rings. The molecule has 3 heterocycles. The molecule has 0 aromatic carbocycles. The van der Waals surface area contributed by atoms with Crippen LogP contribution in [0.1, 0.15) is 29.6 Å². The van der Waals surface area contributed by atoms with Gasteiger partial charge in [0, 0.05) is 10.9 Å². The molecule has 0 aliphatic carbocycles. The molecule has 0 unspecified atom stereocenters. The fourth-order valence-electron chi connectivity index (χ4n) is 2.90. The van der Waals surface area contributed by atoms with E-state index < -0.39 is 0 Å². The quantitative estimate of drug-likeness (QED) is 0.803. The maximum absolute atomic E-state index is 12.7. The molecule has 0 bridgehead atoms. The van der Waals surface area contributed by atoms with Crippen molar-refractivity contribution in [2.75, 3.05) is 20.1 Å². The van der Waals surface area contributed by atoms with Gasteiger partial charge in [0.1, 0.15) is 10.7 Å². The van der Waals surface area contributed by atoms with Crippen molar-refractivity contribution >= 4 is 21.6 Å². The van der Waals surface area contributed by atoms with Crippen LogP contribution in [0.25, 0.3) is 10.2 Å². The first-order chi connectivity index (χ1) is 9.06. The number of fused-ring (bicyclic) bond motifs is 1. The van der Waals surface area contributed by atoms with Crippen LogP contribution in [0.2, 0.25) is 0 Å². The van der Waals surface area contributed by atoms with Crippen LogP contribution in [0.15, 0.2) is 10.9 Å². The standard InChI is InChI=1S/C14H19N3OS/c1-9-8-12-13(19-9)15-10(2)17(14(12)18)11-4-6-16(3)7-5-11/h8,11H,4-7H2,1-3H3. The Kier molecular flexibility index (Phi) is 3.19. The molecule has 0 N–H and O–H groups in total. The molecule has 2 aromatic heterocycles. The van der Waals surface area contributed by atoms with Gasteiger partial charge in [-0.1, -0.05) is 0 Å². The number of nitrogens with zero attached hydrogens (tertiary/aromatic N) is 3. The summed E-state index contributed by atoms with van der Waals surface area (Å²) in [6.45, 7) is 6.09. The largest absolute Gasteiger partial charge is 0.306 e. The smallest absolute Gasteiger partial charge is 0.262 e. The van der Waals surface area contributed by atoms with E-state index in [9.17, 15) is 4.79 Å². The fourth-order valence-corrected chi connectivity index (χ4v) is 3.81. The summed E-state index contributed by atoms with van der Waals surface area (Å²) in [4.78, 5) is 21.6. The van der Waals surface area contributed by atoms with Crippen LogP contribution >= 0.6 is 11.3 Å². The second-order valence-electron chi connectivity index (χ2n) is 5.44. The number of likely N-dealkylation sites (tertiary alicyclic amines) is 1. The molecule has 1 saturated heterocycles. The van der Waals surface area contributed by atoms with Crippen molar-refractivity contribution in [1.29, 1.82) is 0 Å². The van der Waals surface area contributed by atoms with Gasteiger partial charge in [0.05, 0.1) is 5.39 Å². The summed E-state index contributed by atoms with van der Waals surface area (Å²) in [6, 6.07) is 2.28. The summed E-state index contributed by atoms with van der Waals surface area (Å²) in [7, 11) is 2.13. The lowest BCUT2D eigenvalue weighted by Gasteiger charge is -2.30. The molecular formula is C14H19N3OS. The minimum atomic E-state index is 0.140. The summed E-state index contributed by atoms with van der Waals surface area (Å²) >= 11 is 1.60. The molecule has 0 spiro atoms. The highest BCUT2D eigenvalue weighted by Gasteiger charge is 2.22. The van der Waals surface area contributed by atoms with Gasteiger partial charge < -0.3 is 4.90 Å². The molecule has 1 fully saturated rings. The molecule has 4 nitrogen and oxygen atoms in total. The number of rotatable bonds is 1. The van der Waals surface area contributed by atoms with E-state index in [1.165, 1.54) is 0 Å². The summed E-state index contributed by atoms with van der Waals surface area (Å²) in [6.07, 6.45) is 2.07. The molecule has 102 valence electrons. The Morgan fingerprint density at radius 2 is 2.00 bits per heavy atom. The normalized spacial score (nSPS) is 18.3. The number of hydrogen-bond acceptors (Lipinski definition) is 4. The van der Waals surface area contributed by atoms with Crippen LogP contribution in [-0.2, 0) is 0 Å². The van der Waals surface area contributed by atoms with Crippen molar-refractivity contribution in [1.82, 2.24) is 14.5 Å². The average Bonchev–Trinajstić information content (AvgIpc) is 2.72. The zero-order valence-corrected chi connectivity index (χ0v) is 12.5. The van der Waals surface area contributed by atoms with Crippen LogP contribution in [0.5, 0.6) is 0 Å². The van der Waals surface area contributed by atoms with E-state index in [4.69, 9.17) is 0 Å². The van der Waals surface area contributed by atoms with E-state index in [2.05, 4.69) is 16.9 Å². The predicted octanol–water partition coefficient (Wildman–Crippen LogP) is 2.34. The van der Waals surface area contributed by atoms with Crippen LogP contribution < -0.4 is 5.56 Å². The predicted molar refractivity (Wildman–Crippen MR) is 79.1 cm³/mol. The summed E-state index contributed by atoms with van der Waals surface area (Å²) in [5.74, 6) is 0.855. The van der Waals surface area contributed by atoms with Crippen LogP contribution in [0.4, 0.5) is 0 Å². The zero-order valence-electron chi connectivity index (χ0n) is 11.6. The molecule has 19 heavy (non-hydrogen) atoms. The van der Waals surface area contributed by atoms with Crippen LogP contribution in [0, 0.1) is 13.8 Å². The van der Waals surface area contributed by atoms with Crippen LogP contribution in [0.3, 0.4) is 0 Å². The van der Waals surface area contributed by atoms with E-state index >= 15 is 0 Å². The third-order valence-electron chi connectivity index (χ3n) is 3.95. The van der Waals surface area contributed by atoms with Crippen molar-refractivity contribution in [3.8, 4) is 0 Å². The van der Waals surface area contributed by atoms with Gasteiger partial charge in [0.25, 0.3) is 5.56 Å². The van der Waals surface area contributed by atoms with Gasteiger partial charge in [0.15, 0.2) is 0 Å². The van der Waals surface area contributed by atoms with Crippen molar-refractivity contribution in [2.45, 2.75) is 32.7 Å². The van der Waals surface area contributed by atoms with Gasteiger partial charge in [-0.05, 0) is 52.9 Å². The number of aromatic nitrogens is 2. The summed E-state index contributed by atoms with van der Waals surface area (Å²) in [5, 5.41) is 0.784. The minimum absolute atomic E-state index is 0.140. The molecule has 0 saturated carbocycles. The number of piperidine rings is 1. The number of hydrogen-bond donors (Lipinski definition) is 0. The van der Waals surface area contributed by atoms with E-state index in [1.54, 1.807) is 11.3 Å². The van der Waals surface area contributed by atoms with Crippen molar-refractivity contribution in [3.63, 3.8) is 0 Å². The van der Waals surface area contributed by atoms with E-state index in [0.29, 0.717) is 6.04 Å². The van der Waals surface area contributed by atoms with Crippen molar-refractivity contribution in [2.24, 2.45) is 0 Å². The van der Waals surface area contributed by atoms with Gasteiger partial charge in [-0.3, -0.25) is 9.36 Å². The Labute approximate surface area is 116 Å². The highest BCUT2D eigenvalue weighted by Crippen LogP contribution is 2.25. The van der Waals surface area contributed by atoms with Gasteiger partial charge in [-0.15, -0.1) is 11.3 Å². The average molecular weight is 277 g/mol. The zero-order chi connectivity index (χ0) is 13.6. The lowest BCUT2D eigenvalue weighted by molar-refractivity contribution is 0.216. The first-order valence-corrected chi connectivity index (χ1v) is 7.56. The van der Waals surface area contributed by atoms with Gasteiger partial charge in [0.2, 0.25) is 0 Å². The van der Waals surface area contributed by atoms with Gasteiger partial charge >= 0.3 is 0 Å². The lowest BCUT2D eigenvalue weighted by Crippen LogP contribution is -2.36.